The van der Waals surface area contributed by atoms with Gasteiger partial charge in [0.1, 0.15) is 0 Å². The van der Waals surface area contributed by atoms with Gasteiger partial charge >= 0.3 is 12.8 Å². The normalized spacial score (nSPS) is 13.6. The summed E-state index contributed by atoms with van der Waals surface area (Å²) in [6.07, 6.45) is 0. The number of alkyl halides is 3. The fraction of sp³-hybridized carbons (Fsp3) is 0.143. The van der Waals surface area contributed by atoms with Gasteiger partial charge < -0.3 is 17.3 Å². The molecule has 0 aliphatic carbocycles. The Morgan fingerprint density at radius 2 is 1.29 bits per heavy atom. The van der Waals surface area contributed by atoms with Crippen molar-refractivity contribution in [2.45, 2.75) is 10.4 Å². The molecule has 10 heteroatoms. The van der Waals surface area contributed by atoms with Gasteiger partial charge in [-0.25, -0.2) is 0 Å². The van der Waals surface area contributed by atoms with Gasteiger partial charge in [-0.1, -0.05) is 22.4 Å². The summed E-state index contributed by atoms with van der Waals surface area (Å²) in [5.74, 6) is 0. The Morgan fingerprint density at radius 3 is 1.59 bits per heavy atom. The lowest BCUT2D eigenvalue weighted by molar-refractivity contribution is -0.0390. The van der Waals surface area contributed by atoms with Gasteiger partial charge in [-0.15, -0.1) is 13.2 Å². The third kappa shape index (κ3) is 8.72. The first-order valence-corrected chi connectivity index (χ1v) is 5.24. The van der Waals surface area contributed by atoms with Crippen LogP contribution >= 0.6 is 0 Å². The van der Waals surface area contributed by atoms with E-state index in [1.165, 1.54) is 24.3 Å². The van der Waals surface area contributed by atoms with Crippen LogP contribution in [0.4, 0.5) is 30.4 Å². The number of rotatable bonds is 1. The Hall–Kier alpha value is -1.06. The van der Waals surface area contributed by atoms with Crippen LogP contribution in [0.15, 0.2) is 35.2 Å². The van der Waals surface area contributed by atoms with Gasteiger partial charge in [0, 0.05) is 0 Å². The average Bonchev–Trinajstić information content (AvgIpc) is 2.14. The minimum absolute atomic E-state index is 0.181. The molecule has 0 amide bonds. The fourth-order valence-corrected chi connectivity index (χ4v) is 1.45. The average molecular weight is 282 g/mol. The third-order valence-electron chi connectivity index (χ3n) is 1.22. The predicted molar refractivity (Wildman–Crippen MR) is 50.4 cm³/mol. The van der Waals surface area contributed by atoms with E-state index in [-0.39, 0.29) is 4.90 Å². The molecule has 1 aromatic rings. The summed E-state index contributed by atoms with van der Waals surface area (Å²) in [5.41, 5.74) is -4.63. The van der Waals surface area contributed by atoms with Gasteiger partial charge in [0.05, 0.1) is 0 Å². The van der Waals surface area contributed by atoms with Crippen LogP contribution < -0.4 is 0 Å². The molecule has 0 aliphatic rings. The number of hydrogen-bond donors (Lipinski definition) is 0. The van der Waals surface area contributed by atoms with Crippen molar-refractivity contribution < 1.29 is 34.6 Å². The van der Waals surface area contributed by atoms with E-state index in [0.29, 0.717) is 0 Å². The first-order valence-electron chi connectivity index (χ1n) is 3.98. The summed E-state index contributed by atoms with van der Waals surface area (Å²) in [6, 6.07) is 6.82. The van der Waals surface area contributed by atoms with Gasteiger partial charge in [-0.05, 0) is 12.1 Å². The van der Waals surface area contributed by atoms with Gasteiger partial charge in [-0.3, -0.25) is 0 Å². The van der Waals surface area contributed by atoms with Crippen LogP contribution in [0.25, 0.3) is 0 Å². The summed E-state index contributed by atoms with van der Waals surface area (Å²) in [4.78, 5) is -0.181. The highest BCUT2D eigenvalue weighted by Gasteiger charge is 2.45. The van der Waals surface area contributed by atoms with E-state index >= 15 is 0 Å². The molecule has 1 unspecified atom stereocenters. The molecule has 0 radical (unpaired) electrons. The lowest BCUT2D eigenvalue weighted by atomic mass is 10.3. The number of benzene rings is 1. The molecule has 0 N–H and O–H groups in total. The van der Waals surface area contributed by atoms with E-state index in [2.05, 4.69) is 0 Å². The Labute approximate surface area is 94.2 Å². The molecule has 1 aromatic carbocycles. The quantitative estimate of drug-likeness (QED) is 0.333. The molecular weight excluding hydrogens is 276 g/mol. The SMILES string of the molecule is F[B-](F)(F)F.O=[SH+](c1ccccc1)C(F)(F)F. The summed E-state index contributed by atoms with van der Waals surface area (Å²) in [6.45, 7) is 0. The Balaban J connectivity index is 0.000000437. The molecule has 0 aromatic heterocycles. The van der Waals surface area contributed by atoms with Crippen LogP contribution in [0.5, 0.6) is 0 Å². The maximum Gasteiger partial charge on any atom is 0.673 e. The molecular formula is C7H6BF7OS. The second-order valence-electron chi connectivity index (χ2n) is 2.59. The first kappa shape index (κ1) is 15.9. The van der Waals surface area contributed by atoms with Crippen molar-refractivity contribution in [2.24, 2.45) is 0 Å². The second-order valence-corrected chi connectivity index (χ2v) is 4.20. The molecule has 0 heterocycles. The molecule has 0 saturated carbocycles. The minimum atomic E-state index is -6.00. The zero-order valence-corrected chi connectivity index (χ0v) is 8.86. The monoisotopic (exact) mass is 282 g/mol. The van der Waals surface area contributed by atoms with Crippen molar-refractivity contribution in [3.8, 4) is 0 Å². The molecule has 1 nitrogen and oxygen atoms in total. The van der Waals surface area contributed by atoms with E-state index in [0.717, 1.165) is 0 Å². The van der Waals surface area contributed by atoms with Gasteiger partial charge in [0.25, 0.3) is 0 Å². The lowest BCUT2D eigenvalue weighted by Crippen LogP contribution is -2.15. The highest BCUT2D eigenvalue weighted by atomic mass is 32.2. The Bertz CT molecular complexity index is 355. The van der Waals surface area contributed by atoms with Crippen LogP contribution in [-0.4, -0.2) is 12.8 Å². The van der Waals surface area contributed by atoms with Crippen molar-refractivity contribution in [2.75, 3.05) is 0 Å². The topological polar surface area (TPSA) is 17.1 Å². The fourth-order valence-electron chi connectivity index (χ4n) is 0.710. The first-order chi connectivity index (χ1) is 7.52. The molecule has 98 valence electrons. The van der Waals surface area contributed by atoms with Gasteiger partial charge in [-0.2, -0.15) is 0 Å². The van der Waals surface area contributed by atoms with E-state index in [4.69, 9.17) is 0 Å². The molecule has 0 fully saturated rings. The highest BCUT2D eigenvalue weighted by molar-refractivity contribution is 7.85. The van der Waals surface area contributed by atoms with Gasteiger partial charge in [0.15, 0.2) is 4.90 Å². The van der Waals surface area contributed by atoms with Crippen LogP contribution in [0.2, 0.25) is 0 Å². The summed E-state index contributed by atoms with van der Waals surface area (Å²) < 4.78 is 85.2. The van der Waals surface area contributed by atoms with Crippen LogP contribution in [0.3, 0.4) is 0 Å². The number of halogens is 7. The molecule has 0 bridgehead atoms. The van der Waals surface area contributed by atoms with E-state index < -0.39 is 23.6 Å². The molecule has 0 saturated heterocycles. The smallest absolute Gasteiger partial charge is 0.418 e. The summed E-state index contributed by atoms with van der Waals surface area (Å²) in [7, 11) is -9.27. The molecule has 1 rings (SSSR count). The zero-order chi connectivity index (χ0) is 13.7. The van der Waals surface area contributed by atoms with Crippen molar-refractivity contribution in [3.05, 3.63) is 30.3 Å². The lowest BCUT2D eigenvalue weighted by Gasteiger charge is -1.97. The van der Waals surface area contributed by atoms with E-state index in [9.17, 15) is 34.6 Å². The number of hydrogen-bond acceptors (Lipinski definition) is 1. The van der Waals surface area contributed by atoms with Crippen molar-refractivity contribution in [1.82, 2.24) is 0 Å². The van der Waals surface area contributed by atoms with Crippen LogP contribution in [0, 0.1) is 0 Å². The summed E-state index contributed by atoms with van der Waals surface area (Å²) in [5, 5.41) is 0. The maximum absolute atomic E-state index is 11.9. The summed E-state index contributed by atoms with van der Waals surface area (Å²) >= 11 is 0. The standard InChI is InChI=1S/C7H5F3OS.BF4/c8-7(9,10)12(11)6-4-2-1-3-5-6;2-1(3,4)5/h1-5H;/q;-1/p+1. The molecule has 17 heavy (non-hydrogen) atoms. The third-order valence-corrected chi connectivity index (χ3v) is 2.45. The van der Waals surface area contributed by atoms with Crippen molar-refractivity contribution in [3.63, 3.8) is 0 Å². The van der Waals surface area contributed by atoms with Crippen LogP contribution in [0.1, 0.15) is 0 Å². The number of thiol groups is 1. The molecule has 0 aliphatic heterocycles. The largest absolute Gasteiger partial charge is 0.673 e. The van der Waals surface area contributed by atoms with E-state index in [1.54, 1.807) is 6.07 Å². The highest BCUT2D eigenvalue weighted by Crippen LogP contribution is 2.25. The zero-order valence-electron chi connectivity index (χ0n) is 7.97. The van der Waals surface area contributed by atoms with Crippen molar-refractivity contribution in [1.29, 1.82) is 0 Å². The van der Waals surface area contributed by atoms with E-state index in [1.807, 2.05) is 0 Å². The second kappa shape index (κ2) is 6.03. The van der Waals surface area contributed by atoms with Crippen LogP contribution in [-0.2, 0) is 15.0 Å². The van der Waals surface area contributed by atoms with Crippen molar-refractivity contribution >= 4 is 18.1 Å². The molecule has 1 atom stereocenters. The minimum Gasteiger partial charge on any atom is -0.418 e. The van der Waals surface area contributed by atoms with Gasteiger partial charge in [0.2, 0.25) is 10.8 Å². The predicted octanol–water partition coefficient (Wildman–Crippen LogP) is 3.56. The Morgan fingerprint density at radius 1 is 0.941 bits per heavy atom. The molecule has 0 spiro atoms. The Kier molecular flexibility index (Phi) is 5.66. The maximum atomic E-state index is 11.9.